The zero-order valence-electron chi connectivity index (χ0n) is 18.4. The number of hydrogen-bond donors (Lipinski definition) is 1. The Morgan fingerprint density at radius 2 is 1.94 bits per heavy atom. The molecule has 1 N–H and O–H groups in total. The lowest BCUT2D eigenvalue weighted by atomic mass is 10.1. The first kappa shape index (κ1) is 25.8. The van der Waals surface area contributed by atoms with Crippen molar-refractivity contribution >= 4 is 45.2 Å². The van der Waals surface area contributed by atoms with Crippen LogP contribution in [0.3, 0.4) is 0 Å². The van der Waals surface area contributed by atoms with Crippen molar-refractivity contribution in [2.75, 3.05) is 19.0 Å². The Kier molecular flexibility index (Phi) is 11.1. The summed E-state index contributed by atoms with van der Waals surface area (Å²) in [5.74, 6) is 0.623. The maximum Gasteiger partial charge on any atom is 0.266 e. The van der Waals surface area contributed by atoms with Crippen molar-refractivity contribution in [3.63, 3.8) is 0 Å². The summed E-state index contributed by atoms with van der Waals surface area (Å²) in [4.78, 5) is 12.5. The van der Waals surface area contributed by atoms with Crippen LogP contribution in [0.2, 0.25) is 5.02 Å². The van der Waals surface area contributed by atoms with Crippen LogP contribution in [0.25, 0.3) is 6.08 Å². The van der Waals surface area contributed by atoms with Gasteiger partial charge in [0.2, 0.25) is 0 Å². The molecular formula is C25H28BrClN2O3. The van der Waals surface area contributed by atoms with Crippen molar-refractivity contribution in [1.82, 2.24) is 0 Å². The number of carbonyl (C=O) groups excluding carboxylic acids is 1. The maximum atomic E-state index is 12.5. The molecule has 0 heterocycles. The molecule has 0 bridgehead atoms. The SMILES string of the molecule is CCCCCCCCOc1c(Br)cc(/C=C(/C#N)C(=O)Nc2cccc(Cl)c2)cc1OC. The molecule has 0 atom stereocenters. The third kappa shape index (κ3) is 8.22. The van der Waals surface area contributed by atoms with Gasteiger partial charge in [-0.1, -0.05) is 56.7 Å². The Labute approximate surface area is 203 Å². The normalized spacial score (nSPS) is 11.0. The third-order valence-corrected chi connectivity index (χ3v) is 5.58. The highest BCUT2D eigenvalue weighted by Crippen LogP contribution is 2.37. The van der Waals surface area contributed by atoms with Gasteiger partial charge in [0.25, 0.3) is 5.91 Å². The molecule has 0 aliphatic carbocycles. The van der Waals surface area contributed by atoms with Crippen LogP contribution in [0, 0.1) is 11.3 Å². The molecule has 170 valence electrons. The summed E-state index contributed by atoms with van der Waals surface area (Å²) in [7, 11) is 1.56. The lowest BCUT2D eigenvalue weighted by Crippen LogP contribution is -2.13. The number of amides is 1. The molecule has 5 nitrogen and oxygen atoms in total. The summed E-state index contributed by atoms with van der Waals surface area (Å²) >= 11 is 9.47. The molecule has 0 unspecified atom stereocenters. The molecule has 0 radical (unpaired) electrons. The number of nitrogens with one attached hydrogen (secondary N) is 1. The number of benzene rings is 2. The first-order chi connectivity index (χ1) is 15.5. The summed E-state index contributed by atoms with van der Waals surface area (Å²) in [5.41, 5.74) is 1.11. The second-order valence-electron chi connectivity index (χ2n) is 7.28. The molecule has 2 aromatic rings. The minimum atomic E-state index is -0.520. The highest BCUT2D eigenvalue weighted by Gasteiger charge is 2.14. The number of halogens is 2. The number of rotatable bonds is 12. The van der Waals surface area contributed by atoms with Crippen molar-refractivity contribution < 1.29 is 14.3 Å². The average molecular weight is 520 g/mol. The van der Waals surface area contributed by atoms with Crippen molar-refractivity contribution in [2.24, 2.45) is 0 Å². The van der Waals surface area contributed by atoms with E-state index in [2.05, 4.69) is 28.2 Å². The highest BCUT2D eigenvalue weighted by molar-refractivity contribution is 9.10. The van der Waals surface area contributed by atoms with Gasteiger partial charge in [0.1, 0.15) is 11.6 Å². The molecule has 32 heavy (non-hydrogen) atoms. The summed E-state index contributed by atoms with van der Waals surface area (Å²) in [6.07, 6.45) is 8.60. The van der Waals surface area contributed by atoms with E-state index in [-0.39, 0.29) is 5.57 Å². The molecule has 1 amide bonds. The first-order valence-electron chi connectivity index (χ1n) is 10.7. The quantitative estimate of drug-likeness (QED) is 0.180. The van der Waals surface area contributed by atoms with Crippen LogP contribution >= 0.6 is 27.5 Å². The van der Waals surface area contributed by atoms with Crippen molar-refractivity contribution in [2.45, 2.75) is 45.4 Å². The van der Waals surface area contributed by atoms with E-state index in [1.54, 1.807) is 43.5 Å². The summed E-state index contributed by atoms with van der Waals surface area (Å²) in [6.45, 7) is 2.80. The second kappa shape index (κ2) is 13.8. The van der Waals surface area contributed by atoms with E-state index < -0.39 is 5.91 Å². The number of methoxy groups -OCH3 is 1. The number of nitrogens with zero attached hydrogens (tertiary/aromatic N) is 1. The number of carbonyl (C=O) groups is 1. The Balaban J connectivity index is 2.08. The van der Waals surface area contributed by atoms with Crippen molar-refractivity contribution in [1.29, 1.82) is 5.26 Å². The molecule has 2 rings (SSSR count). The molecule has 0 spiro atoms. The Bertz CT molecular complexity index is 986. The molecule has 0 saturated carbocycles. The van der Waals surface area contributed by atoms with Crippen molar-refractivity contribution in [3.8, 4) is 17.6 Å². The zero-order valence-corrected chi connectivity index (χ0v) is 20.8. The predicted octanol–water partition coefficient (Wildman–Crippen LogP) is 7.40. The van der Waals surface area contributed by atoms with E-state index >= 15 is 0 Å². The van der Waals surface area contributed by atoms with Gasteiger partial charge < -0.3 is 14.8 Å². The fourth-order valence-electron chi connectivity index (χ4n) is 3.10. The monoisotopic (exact) mass is 518 g/mol. The predicted molar refractivity (Wildman–Crippen MR) is 133 cm³/mol. The fourth-order valence-corrected chi connectivity index (χ4v) is 3.86. The molecule has 0 fully saturated rings. The Hall–Kier alpha value is -2.49. The van der Waals surface area contributed by atoms with E-state index in [4.69, 9.17) is 21.1 Å². The summed E-state index contributed by atoms with van der Waals surface area (Å²) in [6, 6.07) is 12.2. The fraction of sp³-hybridized carbons (Fsp3) is 0.360. The van der Waals surface area contributed by atoms with E-state index in [1.165, 1.54) is 31.8 Å². The van der Waals surface area contributed by atoms with Crippen molar-refractivity contribution in [3.05, 3.63) is 57.0 Å². The van der Waals surface area contributed by atoms with Crippen LogP contribution in [0.4, 0.5) is 5.69 Å². The van der Waals surface area contributed by atoms with E-state index in [0.29, 0.717) is 38.9 Å². The lowest BCUT2D eigenvalue weighted by molar-refractivity contribution is -0.112. The molecule has 2 aromatic carbocycles. The molecular weight excluding hydrogens is 492 g/mol. The van der Waals surface area contributed by atoms with Gasteiger partial charge >= 0.3 is 0 Å². The minimum absolute atomic E-state index is 0.0420. The molecule has 7 heteroatoms. The van der Waals surface area contributed by atoms with E-state index in [1.807, 2.05) is 6.07 Å². The molecule has 0 saturated heterocycles. The topological polar surface area (TPSA) is 71.3 Å². The average Bonchev–Trinajstić information content (AvgIpc) is 2.77. The van der Waals surface area contributed by atoms with Crippen LogP contribution in [-0.4, -0.2) is 19.6 Å². The van der Waals surface area contributed by atoms with Gasteiger partial charge in [-0.3, -0.25) is 4.79 Å². The summed E-state index contributed by atoms with van der Waals surface area (Å²) in [5, 5.41) is 12.7. The van der Waals surface area contributed by atoms with Crippen LogP contribution in [0.15, 0.2) is 46.4 Å². The third-order valence-electron chi connectivity index (χ3n) is 4.75. The second-order valence-corrected chi connectivity index (χ2v) is 8.58. The van der Waals surface area contributed by atoms with Gasteiger partial charge in [0.15, 0.2) is 11.5 Å². The van der Waals surface area contributed by atoms with Gasteiger partial charge in [0, 0.05) is 10.7 Å². The van der Waals surface area contributed by atoms with Gasteiger partial charge in [-0.25, -0.2) is 0 Å². The minimum Gasteiger partial charge on any atom is -0.493 e. The molecule has 0 aromatic heterocycles. The molecule has 0 aliphatic rings. The largest absolute Gasteiger partial charge is 0.493 e. The van der Waals surface area contributed by atoms with E-state index in [0.717, 1.165) is 12.8 Å². The number of anilines is 1. The zero-order chi connectivity index (χ0) is 23.3. The maximum absolute atomic E-state index is 12.5. The Morgan fingerprint density at radius 3 is 2.62 bits per heavy atom. The number of unbranched alkanes of at least 4 members (excludes halogenated alkanes) is 5. The number of nitriles is 1. The Morgan fingerprint density at radius 1 is 1.19 bits per heavy atom. The standard InChI is InChI=1S/C25H28BrClN2O3/c1-3-4-5-6-7-8-12-32-24-22(26)14-18(15-23(24)31-2)13-19(17-28)25(30)29-21-11-9-10-20(27)16-21/h9-11,13-16H,3-8,12H2,1-2H3,(H,29,30)/b19-13-. The number of hydrogen-bond acceptors (Lipinski definition) is 4. The van der Waals surface area contributed by atoms with Crippen LogP contribution in [-0.2, 0) is 4.79 Å². The smallest absolute Gasteiger partial charge is 0.266 e. The van der Waals surface area contributed by atoms with E-state index in [9.17, 15) is 10.1 Å². The van der Waals surface area contributed by atoms with Gasteiger partial charge in [-0.05, 0) is 64.3 Å². The highest BCUT2D eigenvalue weighted by atomic mass is 79.9. The van der Waals surface area contributed by atoms with Gasteiger partial charge in [-0.2, -0.15) is 5.26 Å². The first-order valence-corrected chi connectivity index (χ1v) is 11.8. The molecule has 0 aliphatic heterocycles. The van der Waals surface area contributed by atoms with Gasteiger partial charge in [-0.15, -0.1) is 0 Å². The van der Waals surface area contributed by atoms with Crippen LogP contribution < -0.4 is 14.8 Å². The summed E-state index contributed by atoms with van der Waals surface area (Å²) < 4.78 is 12.1. The van der Waals surface area contributed by atoms with Gasteiger partial charge in [0.05, 0.1) is 18.2 Å². The van der Waals surface area contributed by atoms with Crippen LogP contribution in [0.5, 0.6) is 11.5 Å². The van der Waals surface area contributed by atoms with Crippen LogP contribution in [0.1, 0.15) is 51.0 Å². The number of ether oxygens (including phenoxy) is 2. The lowest BCUT2D eigenvalue weighted by Gasteiger charge is -2.14.